The maximum atomic E-state index is 13.4. The molecule has 1 N–H and O–H groups in total. The van der Waals surface area contributed by atoms with Crippen molar-refractivity contribution >= 4 is 28.8 Å². The Balaban J connectivity index is 1.57. The van der Waals surface area contributed by atoms with E-state index in [1.165, 1.54) is 16.5 Å². The molecule has 2 fully saturated rings. The Kier molecular flexibility index (Phi) is 7.26. The molecule has 0 bridgehead atoms. The summed E-state index contributed by atoms with van der Waals surface area (Å²) in [5.41, 5.74) is 0.942. The van der Waals surface area contributed by atoms with Gasteiger partial charge in [0.2, 0.25) is 5.75 Å². The van der Waals surface area contributed by atoms with Gasteiger partial charge in [0.15, 0.2) is 17.1 Å². The topological polar surface area (TPSA) is 102 Å². The molecular formula is C28H33FN6O4. The number of benzene rings is 1. The van der Waals surface area contributed by atoms with Gasteiger partial charge in [0.25, 0.3) is 0 Å². The number of Topliss-reactive ketones (excluding diaryl/α,β-unsaturated/α-hetero) is 1. The lowest BCUT2D eigenvalue weighted by Gasteiger charge is -2.34. The maximum absolute atomic E-state index is 13.4. The number of pyridine rings is 1. The van der Waals surface area contributed by atoms with Gasteiger partial charge in [0.05, 0.1) is 11.4 Å². The van der Waals surface area contributed by atoms with Gasteiger partial charge in [-0.15, -0.1) is 0 Å². The third-order valence-corrected chi connectivity index (χ3v) is 7.51. The first-order chi connectivity index (χ1) is 18.6. The first-order valence-corrected chi connectivity index (χ1v) is 13.2. The van der Waals surface area contributed by atoms with Crippen LogP contribution >= 0.6 is 0 Å². The molecular weight excluding hydrogens is 503 g/mol. The summed E-state index contributed by atoms with van der Waals surface area (Å²) in [6, 6.07) is 7.45. The van der Waals surface area contributed by atoms with Crippen molar-refractivity contribution in [3.8, 4) is 5.75 Å². The molecule has 2 aliphatic rings. The fraction of sp³-hybridized carbons (Fsp3) is 0.429. The van der Waals surface area contributed by atoms with E-state index < -0.39 is 17.1 Å². The molecule has 1 aromatic carbocycles. The number of hydrogen-bond donors (Lipinski definition) is 1. The summed E-state index contributed by atoms with van der Waals surface area (Å²) in [5.74, 6) is -1.61. The second-order valence-electron chi connectivity index (χ2n) is 10.5. The van der Waals surface area contributed by atoms with Crippen LogP contribution in [0.25, 0.3) is 5.65 Å². The van der Waals surface area contributed by atoms with Crippen LogP contribution in [0, 0.1) is 5.82 Å². The summed E-state index contributed by atoms with van der Waals surface area (Å²) in [6.07, 6.45) is 1.88. The number of carbonyl (C=O) groups is 2. The number of nitrogens with zero attached hydrogens (tertiary/aromatic N) is 6. The molecule has 2 amide bonds. The Morgan fingerprint density at radius 3 is 2.38 bits per heavy atom. The van der Waals surface area contributed by atoms with Gasteiger partial charge in [0.1, 0.15) is 5.82 Å². The second kappa shape index (κ2) is 10.6. The SMILES string of the molecule is CC(C)N1CCN(c2cc(N3CCN(C)CC3)cn3c(=O)c(O)c(C(=O)CCc4ccc(F)cc4)nc23)C1=O. The van der Waals surface area contributed by atoms with E-state index in [1.54, 1.807) is 28.1 Å². The minimum Gasteiger partial charge on any atom is -0.501 e. The smallest absolute Gasteiger partial charge is 0.324 e. The van der Waals surface area contributed by atoms with Crippen molar-refractivity contribution in [1.82, 2.24) is 19.2 Å². The van der Waals surface area contributed by atoms with Gasteiger partial charge in [-0.3, -0.25) is 18.9 Å². The molecule has 0 unspecified atom stereocenters. The van der Waals surface area contributed by atoms with E-state index in [-0.39, 0.29) is 35.7 Å². The van der Waals surface area contributed by atoms with Gasteiger partial charge < -0.3 is 19.8 Å². The Bertz CT molecular complexity index is 1460. The quantitative estimate of drug-likeness (QED) is 0.464. The van der Waals surface area contributed by atoms with Crippen molar-refractivity contribution in [2.45, 2.75) is 32.7 Å². The number of aryl methyl sites for hydroxylation is 1. The first-order valence-electron chi connectivity index (χ1n) is 13.2. The van der Waals surface area contributed by atoms with Crippen molar-refractivity contribution < 1.29 is 19.1 Å². The average Bonchev–Trinajstić information content (AvgIpc) is 3.31. The molecule has 0 atom stereocenters. The normalized spacial score (nSPS) is 16.6. The van der Waals surface area contributed by atoms with Gasteiger partial charge in [-0.25, -0.2) is 14.2 Å². The summed E-state index contributed by atoms with van der Waals surface area (Å²) in [5, 5.41) is 10.8. The lowest BCUT2D eigenvalue weighted by Crippen LogP contribution is -2.44. The summed E-state index contributed by atoms with van der Waals surface area (Å²) in [6.45, 7) is 7.98. The van der Waals surface area contributed by atoms with Gasteiger partial charge in [-0.1, -0.05) is 12.1 Å². The molecule has 3 aromatic rings. The standard InChI is InChI=1S/C28H33FN6O4/c1-18(2)33-14-15-34(28(33)39)22-16-21(32-12-10-31(3)11-13-32)17-35-26(22)30-24(25(37)27(35)38)23(36)9-6-19-4-7-20(29)8-5-19/h4-5,7-8,16-18,37H,6,9-15H2,1-3H3. The summed E-state index contributed by atoms with van der Waals surface area (Å²) < 4.78 is 14.5. The summed E-state index contributed by atoms with van der Waals surface area (Å²) in [7, 11) is 2.05. The van der Waals surface area contributed by atoms with Crippen LogP contribution in [0.3, 0.4) is 0 Å². The predicted molar refractivity (Wildman–Crippen MR) is 146 cm³/mol. The number of rotatable bonds is 7. The zero-order valence-corrected chi connectivity index (χ0v) is 22.4. The van der Waals surface area contributed by atoms with Gasteiger partial charge in [-0.05, 0) is 51.1 Å². The molecule has 10 nitrogen and oxygen atoms in total. The van der Waals surface area contributed by atoms with Crippen molar-refractivity contribution in [2.75, 3.05) is 56.1 Å². The van der Waals surface area contributed by atoms with Crippen LogP contribution < -0.4 is 15.4 Å². The zero-order valence-electron chi connectivity index (χ0n) is 22.4. The Labute approximate surface area is 225 Å². The van der Waals surface area contributed by atoms with Crippen molar-refractivity contribution in [1.29, 1.82) is 0 Å². The van der Waals surface area contributed by atoms with Gasteiger partial charge in [0, 0.05) is 57.9 Å². The Morgan fingerprint density at radius 1 is 1.05 bits per heavy atom. The van der Waals surface area contributed by atoms with Crippen molar-refractivity contribution in [3.63, 3.8) is 0 Å². The molecule has 0 saturated carbocycles. The van der Waals surface area contributed by atoms with Crippen LogP contribution in [0.15, 0.2) is 41.3 Å². The van der Waals surface area contributed by atoms with Crippen molar-refractivity contribution in [3.05, 3.63) is 64.0 Å². The molecule has 206 valence electrons. The molecule has 0 aliphatic carbocycles. The number of urea groups is 1. The molecule has 2 aromatic heterocycles. The molecule has 4 heterocycles. The summed E-state index contributed by atoms with van der Waals surface area (Å²) in [4.78, 5) is 52.1. The van der Waals surface area contributed by atoms with E-state index in [0.717, 1.165) is 37.4 Å². The number of amides is 2. The number of carbonyl (C=O) groups excluding carboxylic acids is 2. The molecule has 0 spiro atoms. The molecule has 2 saturated heterocycles. The number of anilines is 2. The number of fused-ring (bicyclic) bond motifs is 1. The maximum Gasteiger partial charge on any atom is 0.324 e. The van der Waals surface area contributed by atoms with E-state index in [1.807, 2.05) is 27.0 Å². The van der Waals surface area contributed by atoms with Gasteiger partial charge in [-0.2, -0.15) is 0 Å². The zero-order chi connectivity index (χ0) is 27.8. The lowest BCUT2D eigenvalue weighted by atomic mass is 10.1. The van der Waals surface area contributed by atoms with Crippen LogP contribution in [0.1, 0.15) is 36.3 Å². The number of likely N-dealkylation sites (N-methyl/N-ethyl adjacent to an activating group) is 1. The fourth-order valence-electron chi connectivity index (χ4n) is 5.11. The van der Waals surface area contributed by atoms with Gasteiger partial charge >= 0.3 is 11.6 Å². The number of halogens is 1. The highest BCUT2D eigenvalue weighted by molar-refractivity contribution is 6.00. The Hall–Kier alpha value is -3.99. The van der Waals surface area contributed by atoms with E-state index in [0.29, 0.717) is 25.2 Å². The van der Waals surface area contributed by atoms with Crippen LogP contribution in [-0.2, 0) is 6.42 Å². The summed E-state index contributed by atoms with van der Waals surface area (Å²) >= 11 is 0. The minimum atomic E-state index is -0.769. The number of ketones is 1. The highest BCUT2D eigenvalue weighted by Crippen LogP contribution is 2.31. The monoisotopic (exact) mass is 536 g/mol. The predicted octanol–water partition coefficient (Wildman–Crippen LogP) is 2.76. The van der Waals surface area contributed by atoms with E-state index >= 15 is 0 Å². The molecule has 5 rings (SSSR count). The third kappa shape index (κ3) is 5.18. The Morgan fingerprint density at radius 2 is 1.74 bits per heavy atom. The minimum absolute atomic E-state index is 0.00194. The second-order valence-corrected chi connectivity index (χ2v) is 10.5. The molecule has 11 heteroatoms. The van der Waals surface area contributed by atoms with Crippen molar-refractivity contribution in [2.24, 2.45) is 0 Å². The van der Waals surface area contributed by atoms with E-state index in [2.05, 4.69) is 14.8 Å². The van der Waals surface area contributed by atoms with Crippen LogP contribution in [-0.4, -0.2) is 88.5 Å². The highest BCUT2D eigenvalue weighted by Gasteiger charge is 2.34. The fourth-order valence-corrected chi connectivity index (χ4v) is 5.11. The first kappa shape index (κ1) is 26.6. The number of piperazine rings is 1. The largest absolute Gasteiger partial charge is 0.501 e. The average molecular weight is 537 g/mol. The van der Waals surface area contributed by atoms with E-state index in [4.69, 9.17) is 0 Å². The van der Waals surface area contributed by atoms with Crippen LogP contribution in [0.5, 0.6) is 5.75 Å². The number of aromatic hydroxyl groups is 1. The van der Waals surface area contributed by atoms with Crippen LogP contribution in [0.2, 0.25) is 0 Å². The van der Waals surface area contributed by atoms with E-state index in [9.17, 15) is 23.9 Å². The highest BCUT2D eigenvalue weighted by atomic mass is 19.1. The van der Waals surface area contributed by atoms with Crippen LogP contribution in [0.4, 0.5) is 20.6 Å². The molecule has 0 radical (unpaired) electrons. The molecule has 39 heavy (non-hydrogen) atoms. The molecule has 2 aliphatic heterocycles. The lowest BCUT2D eigenvalue weighted by molar-refractivity contribution is 0.0975. The number of aromatic nitrogens is 2. The number of hydrogen-bond acceptors (Lipinski definition) is 7. The third-order valence-electron chi connectivity index (χ3n) is 7.51.